The highest BCUT2D eigenvalue weighted by molar-refractivity contribution is 5.63. The lowest BCUT2D eigenvalue weighted by Gasteiger charge is -2.01. The Kier molecular flexibility index (Phi) is 2.32. The molecule has 1 heteroatoms. The van der Waals surface area contributed by atoms with Gasteiger partial charge in [0.05, 0.1) is 0 Å². The molecule has 0 aliphatic heterocycles. The zero-order valence-electron chi connectivity index (χ0n) is 7.57. The Morgan fingerprint density at radius 1 is 0.714 bits per heavy atom. The van der Waals surface area contributed by atoms with E-state index in [0.29, 0.717) is 0 Å². The van der Waals surface area contributed by atoms with Gasteiger partial charge < -0.3 is 0 Å². The molecule has 0 atom stereocenters. The van der Waals surface area contributed by atoms with Gasteiger partial charge in [0.2, 0.25) is 0 Å². The molecule has 2 radical (unpaired) electrons. The summed E-state index contributed by atoms with van der Waals surface area (Å²) in [6.45, 7) is 5.57. The number of hydrogen-bond acceptors (Lipinski definition) is 0. The summed E-state index contributed by atoms with van der Waals surface area (Å²) in [6, 6.07) is 13.9. The standard InChI is InChI=1S/C13H9F/c1-10-2-4-11(5-3-10)12-6-8-13(14)9-7-12/h1-9H. The van der Waals surface area contributed by atoms with Gasteiger partial charge in [-0.1, -0.05) is 36.4 Å². The molecule has 0 amide bonds. The third-order valence-corrected chi connectivity index (χ3v) is 2.09. The molecule has 0 N–H and O–H groups in total. The average molecular weight is 184 g/mol. The number of halogens is 1. The Bertz CT molecular complexity index is 368. The highest BCUT2D eigenvalue weighted by atomic mass is 19.1. The molecule has 0 aliphatic rings. The Balaban J connectivity index is 2.40. The number of hydrogen-bond donors (Lipinski definition) is 0. The SMILES string of the molecule is [CH]c1ccc(-c2ccc(F)cc2)cc1. The predicted octanol–water partition coefficient (Wildman–Crippen LogP) is 3.55. The van der Waals surface area contributed by atoms with Gasteiger partial charge in [-0.25, -0.2) is 4.39 Å². The van der Waals surface area contributed by atoms with Crippen LogP contribution in [0.15, 0.2) is 48.5 Å². The minimum Gasteiger partial charge on any atom is -0.207 e. The molecule has 14 heavy (non-hydrogen) atoms. The van der Waals surface area contributed by atoms with Crippen molar-refractivity contribution in [3.63, 3.8) is 0 Å². The minimum absolute atomic E-state index is 0.218. The van der Waals surface area contributed by atoms with E-state index in [2.05, 4.69) is 0 Å². The van der Waals surface area contributed by atoms with Crippen LogP contribution in [0.1, 0.15) is 5.56 Å². The highest BCUT2D eigenvalue weighted by Crippen LogP contribution is 2.19. The quantitative estimate of drug-likeness (QED) is 0.635. The minimum atomic E-state index is -0.218. The maximum absolute atomic E-state index is 12.6. The van der Waals surface area contributed by atoms with Crippen molar-refractivity contribution in [1.82, 2.24) is 0 Å². The van der Waals surface area contributed by atoms with Gasteiger partial charge in [-0.15, -0.1) is 0 Å². The highest BCUT2D eigenvalue weighted by Gasteiger charge is 1.96. The predicted molar refractivity (Wildman–Crippen MR) is 55.2 cm³/mol. The summed E-state index contributed by atoms with van der Waals surface area (Å²) in [5.41, 5.74) is 2.77. The summed E-state index contributed by atoms with van der Waals surface area (Å²) in [7, 11) is 0. The van der Waals surface area contributed by atoms with Crippen molar-refractivity contribution in [1.29, 1.82) is 0 Å². The Hall–Kier alpha value is -1.63. The summed E-state index contributed by atoms with van der Waals surface area (Å²) >= 11 is 0. The first kappa shape index (κ1) is 8.95. The summed E-state index contributed by atoms with van der Waals surface area (Å²) in [5, 5.41) is 0. The van der Waals surface area contributed by atoms with Crippen LogP contribution < -0.4 is 0 Å². The zero-order valence-corrected chi connectivity index (χ0v) is 7.57. The van der Waals surface area contributed by atoms with Gasteiger partial charge >= 0.3 is 0 Å². The van der Waals surface area contributed by atoms with Crippen LogP contribution in [0.4, 0.5) is 4.39 Å². The van der Waals surface area contributed by atoms with Crippen LogP contribution in [0.25, 0.3) is 11.1 Å². The molecule has 0 saturated heterocycles. The molecule has 68 valence electrons. The molecule has 0 aromatic heterocycles. The molecular weight excluding hydrogens is 175 g/mol. The number of rotatable bonds is 1. The molecule has 0 fully saturated rings. The lowest BCUT2D eigenvalue weighted by atomic mass is 10.0. The van der Waals surface area contributed by atoms with Gasteiger partial charge in [-0.3, -0.25) is 0 Å². The largest absolute Gasteiger partial charge is 0.207 e. The van der Waals surface area contributed by atoms with Gasteiger partial charge in [-0.2, -0.15) is 0 Å². The fourth-order valence-corrected chi connectivity index (χ4v) is 1.32. The Labute approximate surface area is 83.0 Å². The Morgan fingerprint density at radius 3 is 1.64 bits per heavy atom. The van der Waals surface area contributed by atoms with Crippen molar-refractivity contribution in [3.05, 3.63) is 66.8 Å². The van der Waals surface area contributed by atoms with E-state index in [9.17, 15) is 4.39 Å². The van der Waals surface area contributed by atoms with Crippen molar-refractivity contribution in [2.45, 2.75) is 0 Å². The second-order valence-electron chi connectivity index (χ2n) is 3.13. The summed E-state index contributed by atoms with van der Waals surface area (Å²) < 4.78 is 12.6. The van der Waals surface area contributed by atoms with Gasteiger partial charge in [0.1, 0.15) is 5.82 Å². The normalized spacial score (nSPS) is 10.1. The fraction of sp³-hybridized carbons (Fsp3) is 0. The van der Waals surface area contributed by atoms with E-state index in [1.807, 2.05) is 24.3 Å². The molecule has 2 aromatic rings. The van der Waals surface area contributed by atoms with E-state index < -0.39 is 0 Å². The van der Waals surface area contributed by atoms with Crippen molar-refractivity contribution >= 4 is 0 Å². The van der Waals surface area contributed by atoms with Crippen molar-refractivity contribution in [2.75, 3.05) is 0 Å². The van der Waals surface area contributed by atoms with Crippen LogP contribution in [0.5, 0.6) is 0 Å². The Morgan fingerprint density at radius 2 is 1.14 bits per heavy atom. The van der Waals surface area contributed by atoms with Gasteiger partial charge in [0, 0.05) is 0 Å². The maximum atomic E-state index is 12.6. The molecule has 0 unspecified atom stereocenters. The summed E-state index contributed by atoms with van der Waals surface area (Å²) in [4.78, 5) is 0. The summed E-state index contributed by atoms with van der Waals surface area (Å²) in [6.07, 6.45) is 0. The van der Waals surface area contributed by atoms with Gasteiger partial charge in [0.25, 0.3) is 0 Å². The van der Waals surface area contributed by atoms with Crippen LogP contribution >= 0.6 is 0 Å². The van der Waals surface area contributed by atoms with E-state index in [1.54, 1.807) is 12.1 Å². The van der Waals surface area contributed by atoms with Crippen LogP contribution in [0.3, 0.4) is 0 Å². The second kappa shape index (κ2) is 3.62. The zero-order chi connectivity index (χ0) is 9.97. The topological polar surface area (TPSA) is 0 Å². The molecule has 0 aliphatic carbocycles. The monoisotopic (exact) mass is 184 g/mol. The molecule has 2 aromatic carbocycles. The second-order valence-corrected chi connectivity index (χ2v) is 3.13. The molecular formula is C13H9F. The third kappa shape index (κ3) is 1.82. The molecule has 0 spiro atoms. The van der Waals surface area contributed by atoms with E-state index in [1.165, 1.54) is 12.1 Å². The smallest absolute Gasteiger partial charge is 0.123 e. The van der Waals surface area contributed by atoms with Crippen LogP contribution in [0.2, 0.25) is 0 Å². The van der Waals surface area contributed by atoms with Gasteiger partial charge in [0.15, 0.2) is 0 Å². The van der Waals surface area contributed by atoms with Crippen LogP contribution in [0, 0.1) is 12.7 Å². The lowest BCUT2D eigenvalue weighted by molar-refractivity contribution is 0.628. The van der Waals surface area contributed by atoms with E-state index in [0.717, 1.165) is 16.7 Å². The molecule has 0 heterocycles. The molecule has 0 saturated carbocycles. The molecule has 0 bridgehead atoms. The first-order valence-corrected chi connectivity index (χ1v) is 4.37. The van der Waals surface area contributed by atoms with Crippen LogP contribution in [-0.4, -0.2) is 0 Å². The van der Waals surface area contributed by atoms with Gasteiger partial charge in [-0.05, 0) is 35.7 Å². The van der Waals surface area contributed by atoms with Crippen LogP contribution in [-0.2, 0) is 0 Å². The van der Waals surface area contributed by atoms with E-state index in [4.69, 9.17) is 6.92 Å². The first-order chi connectivity index (χ1) is 6.75. The molecule has 2 rings (SSSR count). The van der Waals surface area contributed by atoms with Crippen molar-refractivity contribution < 1.29 is 4.39 Å². The first-order valence-electron chi connectivity index (χ1n) is 4.37. The third-order valence-electron chi connectivity index (χ3n) is 2.09. The van der Waals surface area contributed by atoms with E-state index >= 15 is 0 Å². The molecule has 0 nitrogen and oxygen atoms in total. The number of benzene rings is 2. The lowest BCUT2D eigenvalue weighted by Crippen LogP contribution is -1.79. The van der Waals surface area contributed by atoms with Crippen molar-refractivity contribution in [3.8, 4) is 11.1 Å². The summed E-state index contributed by atoms with van der Waals surface area (Å²) in [5.74, 6) is -0.218. The average Bonchev–Trinajstić information content (AvgIpc) is 2.21. The van der Waals surface area contributed by atoms with E-state index in [-0.39, 0.29) is 5.82 Å². The fourth-order valence-electron chi connectivity index (χ4n) is 1.32. The van der Waals surface area contributed by atoms with Crippen molar-refractivity contribution in [2.24, 2.45) is 0 Å². The maximum Gasteiger partial charge on any atom is 0.123 e.